The minimum absolute atomic E-state index is 0. The topological polar surface area (TPSA) is 73.2 Å². The highest BCUT2D eigenvalue weighted by Crippen LogP contribution is 2.16. The van der Waals surface area contributed by atoms with Gasteiger partial charge in [0.05, 0.1) is 16.5 Å². The van der Waals surface area contributed by atoms with Gasteiger partial charge in [0.15, 0.2) is 0 Å². The zero-order valence-electron chi connectivity index (χ0n) is 12.8. The van der Waals surface area contributed by atoms with Crippen molar-refractivity contribution in [2.24, 2.45) is 0 Å². The third-order valence-corrected chi connectivity index (χ3v) is 5.41. The largest absolute Gasteiger partial charge is 0.301 e. The molecular weight excluding hydrogens is 322 g/mol. The minimum Gasteiger partial charge on any atom is -0.301 e. The van der Waals surface area contributed by atoms with E-state index < -0.39 is 10.0 Å². The van der Waals surface area contributed by atoms with Crippen LogP contribution in [0.2, 0.25) is 0 Å². The summed E-state index contributed by atoms with van der Waals surface area (Å²) in [5.41, 5.74) is 0.458. The minimum atomic E-state index is -3.50. The summed E-state index contributed by atoms with van der Waals surface area (Å²) in [7, 11) is -3.50. The Morgan fingerprint density at radius 3 is 2.23 bits per heavy atom. The highest BCUT2D eigenvalue weighted by atomic mass is 35.5. The van der Waals surface area contributed by atoms with Gasteiger partial charge in [0.1, 0.15) is 0 Å². The Kier molecular flexibility index (Phi) is 6.82. The van der Waals surface area contributed by atoms with Gasteiger partial charge >= 0.3 is 0 Å². The van der Waals surface area contributed by atoms with Crippen molar-refractivity contribution in [3.05, 3.63) is 29.8 Å². The summed E-state index contributed by atoms with van der Waals surface area (Å²) in [6.45, 7) is 6.14. The molecule has 1 saturated heterocycles. The van der Waals surface area contributed by atoms with E-state index in [4.69, 9.17) is 5.26 Å². The molecule has 5 nitrogen and oxygen atoms in total. The number of piperidine rings is 1. The van der Waals surface area contributed by atoms with Crippen molar-refractivity contribution in [1.29, 1.82) is 5.26 Å². The Balaban J connectivity index is 0.00000242. The van der Waals surface area contributed by atoms with Gasteiger partial charge in [-0.25, -0.2) is 13.1 Å². The van der Waals surface area contributed by atoms with Crippen molar-refractivity contribution in [3.63, 3.8) is 0 Å². The van der Waals surface area contributed by atoms with Crippen molar-refractivity contribution in [2.45, 2.75) is 43.7 Å². The van der Waals surface area contributed by atoms with Crippen LogP contribution in [-0.4, -0.2) is 38.5 Å². The lowest BCUT2D eigenvalue weighted by Crippen LogP contribution is -2.46. The standard InChI is InChI=1S/C15H21N3O2S.ClH/c1-12(2)18-9-7-14(8-10-18)17-21(19,20)15-5-3-13(11-16)4-6-15;/h3-6,12,14,17H,7-10H2,1-2H3;1H. The number of nitrogens with zero attached hydrogens (tertiary/aromatic N) is 2. The number of likely N-dealkylation sites (tertiary alicyclic amines) is 1. The van der Waals surface area contributed by atoms with Gasteiger partial charge in [-0.05, 0) is 64.0 Å². The Labute approximate surface area is 138 Å². The second-order valence-electron chi connectivity index (χ2n) is 5.66. The molecule has 0 bridgehead atoms. The molecular formula is C15H22ClN3O2S. The summed E-state index contributed by atoms with van der Waals surface area (Å²) in [6.07, 6.45) is 1.65. The monoisotopic (exact) mass is 343 g/mol. The van der Waals surface area contributed by atoms with Crippen LogP contribution in [0.4, 0.5) is 0 Å². The molecule has 1 fully saturated rings. The van der Waals surface area contributed by atoms with E-state index in [9.17, 15) is 8.42 Å². The molecule has 0 atom stereocenters. The Morgan fingerprint density at radius 1 is 1.23 bits per heavy atom. The highest BCUT2D eigenvalue weighted by molar-refractivity contribution is 7.89. The van der Waals surface area contributed by atoms with Crippen molar-refractivity contribution < 1.29 is 8.42 Å². The molecule has 1 aliphatic rings. The van der Waals surface area contributed by atoms with Crippen molar-refractivity contribution in [2.75, 3.05) is 13.1 Å². The number of nitriles is 1. The first-order valence-corrected chi connectivity index (χ1v) is 8.67. The van der Waals surface area contributed by atoms with Crippen molar-refractivity contribution in [1.82, 2.24) is 9.62 Å². The quantitative estimate of drug-likeness (QED) is 0.908. The zero-order valence-corrected chi connectivity index (χ0v) is 14.5. The van der Waals surface area contributed by atoms with E-state index in [0.29, 0.717) is 11.6 Å². The molecule has 7 heteroatoms. The van der Waals surface area contributed by atoms with E-state index in [1.807, 2.05) is 6.07 Å². The fraction of sp³-hybridized carbons (Fsp3) is 0.533. The number of rotatable bonds is 4. The molecule has 1 aromatic carbocycles. The maximum Gasteiger partial charge on any atom is 0.240 e. The van der Waals surface area contributed by atoms with E-state index in [1.54, 1.807) is 0 Å². The molecule has 1 aliphatic heterocycles. The summed E-state index contributed by atoms with van der Waals surface area (Å²) in [6, 6.07) is 8.47. The first-order valence-electron chi connectivity index (χ1n) is 7.19. The summed E-state index contributed by atoms with van der Waals surface area (Å²) < 4.78 is 27.4. The maximum absolute atomic E-state index is 12.3. The van der Waals surface area contributed by atoms with Gasteiger partial charge in [0.25, 0.3) is 0 Å². The second-order valence-corrected chi connectivity index (χ2v) is 7.38. The molecule has 0 saturated carbocycles. The molecule has 0 spiro atoms. The van der Waals surface area contributed by atoms with Crippen LogP contribution >= 0.6 is 12.4 Å². The SMILES string of the molecule is CC(C)N1CCC(NS(=O)(=O)c2ccc(C#N)cc2)CC1.Cl. The lowest BCUT2D eigenvalue weighted by molar-refractivity contribution is 0.168. The molecule has 1 N–H and O–H groups in total. The fourth-order valence-corrected chi connectivity index (χ4v) is 3.83. The third kappa shape index (κ3) is 4.68. The van der Waals surface area contributed by atoms with Crippen LogP contribution in [-0.2, 0) is 10.0 Å². The number of sulfonamides is 1. The van der Waals surface area contributed by atoms with Crippen LogP contribution in [0.5, 0.6) is 0 Å². The molecule has 0 aromatic heterocycles. The first kappa shape index (κ1) is 18.9. The Morgan fingerprint density at radius 2 is 1.77 bits per heavy atom. The van der Waals surface area contributed by atoms with Gasteiger partial charge in [-0.15, -0.1) is 12.4 Å². The van der Waals surface area contributed by atoms with E-state index in [-0.39, 0.29) is 23.3 Å². The average Bonchev–Trinajstić information content (AvgIpc) is 2.47. The maximum atomic E-state index is 12.3. The molecule has 0 aliphatic carbocycles. The molecule has 0 unspecified atom stereocenters. The van der Waals surface area contributed by atoms with E-state index in [2.05, 4.69) is 23.5 Å². The van der Waals surface area contributed by atoms with Gasteiger partial charge in [0.2, 0.25) is 10.0 Å². The second kappa shape index (κ2) is 7.93. The molecule has 122 valence electrons. The first-order chi connectivity index (χ1) is 9.92. The van der Waals surface area contributed by atoms with Gasteiger partial charge < -0.3 is 4.90 Å². The summed E-state index contributed by atoms with van der Waals surface area (Å²) in [4.78, 5) is 2.57. The molecule has 0 radical (unpaired) electrons. The van der Waals surface area contributed by atoms with Crippen LogP contribution in [0.25, 0.3) is 0 Å². The number of hydrogen-bond acceptors (Lipinski definition) is 4. The van der Waals surface area contributed by atoms with Gasteiger partial charge in [-0.1, -0.05) is 0 Å². The molecule has 1 aromatic rings. The lowest BCUT2D eigenvalue weighted by atomic mass is 10.1. The van der Waals surface area contributed by atoms with E-state index >= 15 is 0 Å². The lowest BCUT2D eigenvalue weighted by Gasteiger charge is -2.34. The number of nitrogens with one attached hydrogen (secondary N) is 1. The number of halogens is 1. The van der Waals surface area contributed by atoms with Crippen LogP contribution < -0.4 is 4.72 Å². The third-order valence-electron chi connectivity index (χ3n) is 3.88. The number of hydrogen-bond donors (Lipinski definition) is 1. The van der Waals surface area contributed by atoms with Gasteiger partial charge in [-0.3, -0.25) is 0 Å². The molecule has 1 heterocycles. The van der Waals surface area contributed by atoms with Crippen molar-refractivity contribution >= 4 is 22.4 Å². The number of benzene rings is 1. The highest BCUT2D eigenvalue weighted by Gasteiger charge is 2.25. The van der Waals surface area contributed by atoms with Crippen LogP contribution in [0.15, 0.2) is 29.2 Å². The van der Waals surface area contributed by atoms with E-state index in [0.717, 1.165) is 25.9 Å². The average molecular weight is 344 g/mol. The predicted octanol–water partition coefficient (Wildman–Crippen LogP) is 2.13. The Bertz CT molecular complexity index is 615. The molecule has 0 amide bonds. The van der Waals surface area contributed by atoms with Crippen LogP contribution in [0.1, 0.15) is 32.3 Å². The van der Waals surface area contributed by atoms with Gasteiger partial charge in [-0.2, -0.15) is 5.26 Å². The van der Waals surface area contributed by atoms with Crippen LogP contribution in [0.3, 0.4) is 0 Å². The van der Waals surface area contributed by atoms with Crippen molar-refractivity contribution in [3.8, 4) is 6.07 Å². The predicted molar refractivity (Wildman–Crippen MR) is 88.5 cm³/mol. The van der Waals surface area contributed by atoms with Gasteiger partial charge in [0, 0.05) is 12.1 Å². The Hall–Kier alpha value is -1.13. The summed E-state index contributed by atoms with van der Waals surface area (Å²) in [5, 5.41) is 8.74. The zero-order chi connectivity index (χ0) is 15.5. The smallest absolute Gasteiger partial charge is 0.240 e. The molecule has 22 heavy (non-hydrogen) atoms. The summed E-state index contributed by atoms with van der Waals surface area (Å²) in [5.74, 6) is 0. The van der Waals surface area contributed by atoms with E-state index in [1.165, 1.54) is 24.3 Å². The summed E-state index contributed by atoms with van der Waals surface area (Å²) >= 11 is 0. The van der Waals surface area contributed by atoms with Crippen LogP contribution in [0, 0.1) is 11.3 Å². The fourth-order valence-electron chi connectivity index (χ4n) is 2.53. The normalized spacial score (nSPS) is 17.0. The molecule has 2 rings (SSSR count).